The summed E-state index contributed by atoms with van der Waals surface area (Å²) in [5, 5.41) is 9.93. The Labute approximate surface area is 164 Å². The predicted molar refractivity (Wildman–Crippen MR) is 104 cm³/mol. The van der Waals surface area contributed by atoms with Gasteiger partial charge in [0.15, 0.2) is 0 Å². The molecule has 0 aromatic heterocycles. The van der Waals surface area contributed by atoms with Crippen LogP contribution in [0.1, 0.15) is 67.3 Å². The van der Waals surface area contributed by atoms with Crippen LogP contribution in [0.15, 0.2) is 30.3 Å². The molecular formula is C20H29Cl2OTi-. The van der Waals surface area contributed by atoms with Gasteiger partial charge in [0.05, 0.1) is 0 Å². The fraction of sp³-hybridized carbons (Fsp3) is 0.450. The van der Waals surface area contributed by atoms with Crippen LogP contribution in [0.5, 0.6) is 5.75 Å². The summed E-state index contributed by atoms with van der Waals surface area (Å²) >= 11 is -0.556. The Morgan fingerprint density at radius 2 is 1.38 bits per heavy atom. The molecule has 0 aliphatic heterocycles. The average Bonchev–Trinajstić information content (AvgIpc) is 2.79. The van der Waals surface area contributed by atoms with Crippen molar-refractivity contribution in [3.05, 3.63) is 58.1 Å². The molecule has 0 heterocycles. The van der Waals surface area contributed by atoms with Gasteiger partial charge in [0.2, 0.25) is 0 Å². The minimum absolute atomic E-state index is 0.388. The standard InChI is InChI=1S/C12H18O.C8H11.2ClH.Ti/c1-8(2)10-6-5-7-11(9(3)4)12(10)13;1-6-4-5-7(2)8(6)3;;;/h5-9,13H,1-4H3;4-5H,1-3H3;2*1H;/q;-1;;;+2/p-2. The molecule has 0 bridgehead atoms. The molecule has 0 amide bonds. The van der Waals surface area contributed by atoms with Crippen molar-refractivity contribution < 1.29 is 22.1 Å². The minimum atomic E-state index is -0.556. The van der Waals surface area contributed by atoms with Gasteiger partial charge in [-0.2, -0.15) is 22.8 Å². The van der Waals surface area contributed by atoms with Crippen LogP contribution in [-0.4, -0.2) is 5.11 Å². The third kappa shape index (κ3) is 7.70. The quantitative estimate of drug-likeness (QED) is 0.410. The molecule has 24 heavy (non-hydrogen) atoms. The zero-order valence-corrected chi connectivity index (χ0v) is 18.8. The zero-order chi connectivity index (χ0) is 18.9. The van der Waals surface area contributed by atoms with Gasteiger partial charge in [-0.25, -0.2) is 6.07 Å². The first kappa shape index (κ1) is 23.7. The summed E-state index contributed by atoms with van der Waals surface area (Å²) in [6.07, 6.45) is 0. The van der Waals surface area contributed by atoms with Gasteiger partial charge in [0.1, 0.15) is 5.75 Å². The maximum atomic E-state index is 9.93. The van der Waals surface area contributed by atoms with E-state index in [0.29, 0.717) is 17.6 Å². The molecule has 0 radical (unpaired) electrons. The molecule has 134 valence electrons. The molecule has 2 aromatic rings. The van der Waals surface area contributed by atoms with Crippen molar-refractivity contribution in [2.24, 2.45) is 0 Å². The fourth-order valence-corrected chi connectivity index (χ4v) is 2.32. The van der Waals surface area contributed by atoms with E-state index in [-0.39, 0.29) is 0 Å². The first-order chi connectivity index (χ1) is 11.2. The SMILES string of the molecule is CC(C)c1cccc(C(C)C)c1O.Cc1cc[c-](C)c1C.[Cl][Ti][Cl]. The molecular weight excluding hydrogens is 375 g/mol. The summed E-state index contributed by atoms with van der Waals surface area (Å²) in [6, 6.07) is 10.3. The van der Waals surface area contributed by atoms with Gasteiger partial charge in [0.25, 0.3) is 0 Å². The van der Waals surface area contributed by atoms with E-state index in [4.69, 9.17) is 18.6 Å². The van der Waals surface area contributed by atoms with Crippen LogP contribution in [-0.2, 0) is 17.0 Å². The van der Waals surface area contributed by atoms with Crippen molar-refractivity contribution in [1.29, 1.82) is 0 Å². The summed E-state index contributed by atoms with van der Waals surface area (Å²) in [6.45, 7) is 14.8. The summed E-state index contributed by atoms with van der Waals surface area (Å²) in [5.74, 6) is 1.25. The van der Waals surface area contributed by atoms with E-state index in [1.54, 1.807) is 0 Å². The number of para-hydroxylation sites is 1. The number of phenols is 1. The van der Waals surface area contributed by atoms with Crippen LogP contribution in [0, 0.1) is 20.8 Å². The molecule has 1 N–H and O–H groups in total. The summed E-state index contributed by atoms with van der Waals surface area (Å²) < 4.78 is 0. The number of benzene rings is 1. The van der Waals surface area contributed by atoms with Crippen LogP contribution in [0.3, 0.4) is 0 Å². The van der Waals surface area contributed by atoms with Gasteiger partial charge < -0.3 is 5.11 Å². The van der Waals surface area contributed by atoms with Gasteiger partial charge >= 0.3 is 35.6 Å². The van der Waals surface area contributed by atoms with E-state index in [0.717, 1.165) is 11.1 Å². The molecule has 0 saturated carbocycles. The average molecular weight is 404 g/mol. The number of phenolic OH excluding ortho intramolecular Hbond substituents is 1. The van der Waals surface area contributed by atoms with E-state index in [1.165, 1.54) is 16.7 Å². The molecule has 2 aromatic carbocycles. The van der Waals surface area contributed by atoms with Crippen molar-refractivity contribution >= 4 is 18.6 Å². The Morgan fingerprint density at radius 3 is 1.58 bits per heavy atom. The van der Waals surface area contributed by atoms with E-state index in [9.17, 15) is 5.11 Å². The molecule has 0 saturated heterocycles. The van der Waals surface area contributed by atoms with E-state index < -0.39 is 17.0 Å². The van der Waals surface area contributed by atoms with E-state index >= 15 is 0 Å². The van der Waals surface area contributed by atoms with E-state index in [2.05, 4.69) is 60.6 Å². The van der Waals surface area contributed by atoms with Crippen LogP contribution < -0.4 is 0 Å². The maximum absolute atomic E-state index is 9.93. The number of aryl methyl sites for hydroxylation is 2. The van der Waals surface area contributed by atoms with Crippen molar-refractivity contribution in [1.82, 2.24) is 0 Å². The molecule has 0 aliphatic rings. The Kier molecular flexibility index (Phi) is 11.9. The molecule has 0 atom stereocenters. The second-order valence-electron chi connectivity index (χ2n) is 6.49. The van der Waals surface area contributed by atoms with Gasteiger partial charge in [-0.1, -0.05) is 66.7 Å². The molecule has 0 unspecified atom stereocenters. The van der Waals surface area contributed by atoms with Crippen LogP contribution in [0.2, 0.25) is 0 Å². The molecule has 0 fully saturated rings. The zero-order valence-electron chi connectivity index (χ0n) is 15.7. The van der Waals surface area contributed by atoms with Gasteiger partial charge in [-0.05, 0) is 23.0 Å². The third-order valence-electron chi connectivity index (χ3n) is 4.11. The second kappa shape index (κ2) is 12.1. The topological polar surface area (TPSA) is 20.2 Å². The van der Waals surface area contributed by atoms with Crippen molar-refractivity contribution in [3.8, 4) is 5.75 Å². The predicted octanol–water partition coefficient (Wildman–Crippen LogP) is 7.35. The number of aromatic hydroxyl groups is 1. The summed E-state index contributed by atoms with van der Waals surface area (Å²) in [4.78, 5) is 0. The molecule has 0 spiro atoms. The normalized spacial score (nSPS) is 9.96. The third-order valence-corrected chi connectivity index (χ3v) is 4.11. The summed E-state index contributed by atoms with van der Waals surface area (Å²) in [5.41, 5.74) is 6.34. The first-order valence-corrected chi connectivity index (χ1v) is 12.4. The molecule has 1 nitrogen and oxygen atoms in total. The van der Waals surface area contributed by atoms with Crippen molar-refractivity contribution in [3.63, 3.8) is 0 Å². The Hall–Kier alpha value is -0.336. The van der Waals surface area contributed by atoms with Crippen LogP contribution >= 0.6 is 18.6 Å². The van der Waals surface area contributed by atoms with Gasteiger partial charge in [-0.3, -0.25) is 0 Å². The molecule has 4 heteroatoms. The Balaban J connectivity index is 0.000000409. The Morgan fingerprint density at radius 1 is 0.958 bits per heavy atom. The molecule has 0 aliphatic carbocycles. The number of halogens is 2. The number of hydrogen-bond donors (Lipinski definition) is 1. The van der Waals surface area contributed by atoms with E-state index in [1.807, 2.05) is 18.2 Å². The summed E-state index contributed by atoms with van der Waals surface area (Å²) in [7, 11) is 9.78. The number of hydrogen-bond acceptors (Lipinski definition) is 1. The van der Waals surface area contributed by atoms with Gasteiger partial charge in [0, 0.05) is 0 Å². The van der Waals surface area contributed by atoms with Crippen LogP contribution in [0.4, 0.5) is 0 Å². The van der Waals surface area contributed by atoms with Crippen molar-refractivity contribution in [2.45, 2.75) is 60.3 Å². The van der Waals surface area contributed by atoms with Crippen LogP contribution in [0.25, 0.3) is 0 Å². The first-order valence-electron chi connectivity index (χ1n) is 8.14. The molecule has 2 rings (SSSR count). The van der Waals surface area contributed by atoms with Crippen molar-refractivity contribution in [2.75, 3.05) is 0 Å². The number of rotatable bonds is 2. The fourth-order valence-electron chi connectivity index (χ4n) is 2.32. The second-order valence-corrected chi connectivity index (χ2v) is 9.07. The van der Waals surface area contributed by atoms with Gasteiger partial charge in [-0.15, -0.1) is 0 Å². The monoisotopic (exact) mass is 403 g/mol. The Bertz CT molecular complexity index is 558.